The minimum atomic E-state index is -0.165. The van der Waals surface area contributed by atoms with Gasteiger partial charge in [0.15, 0.2) is 0 Å². The molecule has 0 spiro atoms. The Kier molecular flexibility index (Phi) is 4.74. The van der Waals surface area contributed by atoms with Crippen LogP contribution in [0.3, 0.4) is 0 Å². The lowest BCUT2D eigenvalue weighted by molar-refractivity contribution is 0.525. The highest BCUT2D eigenvalue weighted by Gasteiger charge is 2.13. The van der Waals surface area contributed by atoms with E-state index in [4.69, 9.17) is 0 Å². The van der Waals surface area contributed by atoms with Gasteiger partial charge in [-0.2, -0.15) is 0 Å². The predicted molar refractivity (Wildman–Crippen MR) is 67.4 cm³/mol. The Morgan fingerprint density at radius 2 is 1.88 bits per heavy atom. The van der Waals surface area contributed by atoms with Crippen LogP contribution in [0.4, 0.5) is 10.1 Å². The van der Waals surface area contributed by atoms with Gasteiger partial charge in [0.1, 0.15) is 5.82 Å². The highest BCUT2D eigenvalue weighted by atomic mass is 19.1. The number of hydrogen-bond donors (Lipinski definition) is 1. The van der Waals surface area contributed by atoms with Gasteiger partial charge in [-0.1, -0.05) is 26.0 Å². The molecule has 0 fully saturated rings. The van der Waals surface area contributed by atoms with E-state index in [1.54, 1.807) is 12.1 Å². The highest BCUT2D eigenvalue weighted by molar-refractivity contribution is 5.47. The van der Waals surface area contributed by atoms with Gasteiger partial charge in [0.2, 0.25) is 0 Å². The molecule has 16 heavy (non-hydrogen) atoms. The molecule has 0 saturated carbocycles. The van der Waals surface area contributed by atoms with E-state index in [2.05, 4.69) is 26.1 Å². The van der Waals surface area contributed by atoms with Crippen molar-refractivity contribution < 1.29 is 4.39 Å². The van der Waals surface area contributed by atoms with Crippen molar-refractivity contribution in [3.8, 4) is 0 Å². The molecular formula is C13H21FN2. The molecular weight excluding hydrogens is 203 g/mol. The first kappa shape index (κ1) is 13.0. The molecule has 0 saturated heterocycles. The topological polar surface area (TPSA) is 15.3 Å². The average molecular weight is 224 g/mol. The van der Waals surface area contributed by atoms with Crippen molar-refractivity contribution in [2.45, 2.75) is 32.9 Å². The number of rotatable bonds is 5. The van der Waals surface area contributed by atoms with Gasteiger partial charge < -0.3 is 10.2 Å². The van der Waals surface area contributed by atoms with E-state index >= 15 is 0 Å². The van der Waals surface area contributed by atoms with Gasteiger partial charge in [-0.15, -0.1) is 0 Å². The van der Waals surface area contributed by atoms with Crippen LogP contribution in [0, 0.1) is 5.82 Å². The van der Waals surface area contributed by atoms with Gasteiger partial charge in [0.05, 0.1) is 5.69 Å². The maximum absolute atomic E-state index is 13.5. The van der Waals surface area contributed by atoms with Gasteiger partial charge in [0.25, 0.3) is 0 Å². The molecule has 0 heterocycles. The Balaban J connectivity index is 2.63. The Morgan fingerprint density at radius 3 is 2.44 bits per heavy atom. The molecule has 0 radical (unpaired) electrons. The van der Waals surface area contributed by atoms with Gasteiger partial charge in [-0.25, -0.2) is 4.39 Å². The van der Waals surface area contributed by atoms with Gasteiger partial charge in [-0.3, -0.25) is 0 Å². The van der Waals surface area contributed by atoms with Crippen LogP contribution in [0.5, 0.6) is 0 Å². The molecule has 0 aliphatic rings. The van der Waals surface area contributed by atoms with Crippen LogP contribution >= 0.6 is 0 Å². The summed E-state index contributed by atoms with van der Waals surface area (Å²) >= 11 is 0. The Labute approximate surface area is 97.5 Å². The molecule has 90 valence electrons. The first-order chi connectivity index (χ1) is 7.52. The third-order valence-electron chi connectivity index (χ3n) is 2.72. The van der Waals surface area contributed by atoms with E-state index < -0.39 is 0 Å². The number of benzene rings is 1. The monoisotopic (exact) mass is 224 g/mol. The lowest BCUT2D eigenvalue weighted by atomic mass is 10.2. The molecule has 0 aliphatic carbocycles. The summed E-state index contributed by atoms with van der Waals surface area (Å²) in [5.74, 6) is -0.165. The van der Waals surface area contributed by atoms with Crippen LogP contribution in [0.25, 0.3) is 0 Å². The molecule has 0 aliphatic heterocycles. The van der Waals surface area contributed by atoms with Crippen molar-refractivity contribution in [1.29, 1.82) is 0 Å². The minimum absolute atomic E-state index is 0.165. The van der Waals surface area contributed by atoms with Crippen LogP contribution in [0.1, 0.15) is 20.8 Å². The summed E-state index contributed by atoms with van der Waals surface area (Å²) in [6.07, 6.45) is 0. The fourth-order valence-corrected chi connectivity index (χ4v) is 1.52. The lowest BCUT2D eigenvalue weighted by Crippen LogP contribution is -2.40. The van der Waals surface area contributed by atoms with E-state index in [0.29, 0.717) is 11.7 Å². The predicted octanol–water partition coefficient (Wildman–Crippen LogP) is 2.65. The zero-order valence-corrected chi connectivity index (χ0v) is 10.5. The molecule has 1 rings (SSSR count). The number of para-hydroxylation sites is 1. The number of likely N-dealkylation sites (N-methyl/N-ethyl adjacent to an activating group) is 1. The third kappa shape index (κ3) is 3.49. The number of anilines is 1. The molecule has 3 heteroatoms. The Bertz CT molecular complexity index is 325. The van der Waals surface area contributed by atoms with Crippen LogP contribution in [0.15, 0.2) is 24.3 Å². The zero-order chi connectivity index (χ0) is 12.1. The van der Waals surface area contributed by atoms with Crippen molar-refractivity contribution >= 4 is 5.69 Å². The van der Waals surface area contributed by atoms with Crippen LogP contribution in [-0.2, 0) is 0 Å². The summed E-state index contributed by atoms with van der Waals surface area (Å²) in [5.41, 5.74) is 0.653. The summed E-state index contributed by atoms with van der Waals surface area (Å²) in [5, 5.41) is 3.35. The number of halogens is 1. The fourth-order valence-electron chi connectivity index (χ4n) is 1.52. The van der Waals surface area contributed by atoms with E-state index in [1.807, 2.05) is 18.0 Å². The second-order valence-corrected chi connectivity index (χ2v) is 4.47. The summed E-state index contributed by atoms with van der Waals surface area (Å²) in [4.78, 5) is 1.96. The van der Waals surface area contributed by atoms with Crippen molar-refractivity contribution in [2.75, 3.05) is 18.5 Å². The number of nitrogens with zero attached hydrogens (tertiary/aromatic N) is 1. The first-order valence-electron chi connectivity index (χ1n) is 5.73. The zero-order valence-electron chi connectivity index (χ0n) is 10.5. The Morgan fingerprint density at radius 1 is 1.25 bits per heavy atom. The van der Waals surface area contributed by atoms with Crippen molar-refractivity contribution in [3.63, 3.8) is 0 Å². The molecule has 1 N–H and O–H groups in total. The molecule has 0 bridgehead atoms. The molecule has 1 aromatic carbocycles. The third-order valence-corrected chi connectivity index (χ3v) is 2.72. The molecule has 0 aromatic heterocycles. The average Bonchev–Trinajstić information content (AvgIpc) is 2.25. The lowest BCUT2D eigenvalue weighted by Gasteiger charge is -2.28. The second kappa shape index (κ2) is 5.85. The molecule has 2 nitrogen and oxygen atoms in total. The van der Waals surface area contributed by atoms with E-state index in [-0.39, 0.29) is 11.9 Å². The quantitative estimate of drug-likeness (QED) is 0.827. The maximum atomic E-state index is 13.5. The van der Waals surface area contributed by atoms with E-state index in [0.717, 1.165) is 6.54 Å². The Hall–Kier alpha value is -1.09. The van der Waals surface area contributed by atoms with E-state index in [9.17, 15) is 4.39 Å². The smallest absolute Gasteiger partial charge is 0.146 e. The maximum Gasteiger partial charge on any atom is 0.146 e. The number of hydrogen-bond acceptors (Lipinski definition) is 2. The van der Waals surface area contributed by atoms with Crippen LogP contribution in [0.2, 0.25) is 0 Å². The summed E-state index contributed by atoms with van der Waals surface area (Å²) < 4.78 is 13.5. The second-order valence-electron chi connectivity index (χ2n) is 4.47. The highest BCUT2D eigenvalue weighted by Crippen LogP contribution is 2.18. The minimum Gasteiger partial charge on any atom is -0.368 e. The van der Waals surface area contributed by atoms with Gasteiger partial charge in [-0.05, 0) is 19.1 Å². The fraction of sp³-hybridized carbons (Fsp3) is 0.538. The van der Waals surface area contributed by atoms with Gasteiger partial charge >= 0.3 is 0 Å². The normalized spacial score (nSPS) is 12.9. The van der Waals surface area contributed by atoms with Crippen LogP contribution in [-0.4, -0.2) is 25.7 Å². The standard InChI is InChI=1S/C13H21FN2/c1-10(2)15-9-11(3)16(4)13-8-6-5-7-12(13)14/h5-8,10-11,15H,9H2,1-4H3. The largest absolute Gasteiger partial charge is 0.368 e. The number of nitrogens with one attached hydrogen (secondary N) is 1. The SMILES string of the molecule is CC(C)NCC(C)N(C)c1ccccc1F. The molecule has 1 atom stereocenters. The molecule has 1 aromatic rings. The summed E-state index contributed by atoms with van der Waals surface area (Å²) in [7, 11) is 1.92. The van der Waals surface area contributed by atoms with Crippen LogP contribution < -0.4 is 10.2 Å². The first-order valence-corrected chi connectivity index (χ1v) is 5.73. The van der Waals surface area contributed by atoms with Crippen molar-refractivity contribution in [1.82, 2.24) is 5.32 Å². The molecule has 1 unspecified atom stereocenters. The van der Waals surface area contributed by atoms with Crippen molar-refractivity contribution in [2.24, 2.45) is 0 Å². The van der Waals surface area contributed by atoms with Gasteiger partial charge in [0, 0.05) is 25.7 Å². The van der Waals surface area contributed by atoms with E-state index in [1.165, 1.54) is 6.07 Å². The summed E-state index contributed by atoms with van der Waals surface area (Å²) in [6.45, 7) is 7.15. The molecule has 0 amide bonds. The van der Waals surface area contributed by atoms with Crippen molar-refractivity contribution in [3.05, 3.63) is 30.1 Å². The summed E-state index contributed by atoms with van der Waals surface area (Å²) in [6, 6.07) is 7.59.